The van der Waals surface area contributed by atoms with Crippen LogP contribution >= 0.6 is 23.2 Å². The van der Waals surface area contributed by atoms with E-state index >= 15 is 0 Å². The van der Waals surface area contributed by atoms with E-state index in [-0.39, 0.29) is 5.91 Å². The Hall–Kier alpha value is -1.72. The van der Waals surface area contributed by atoms with E-state index in [1.165, 1.54) is 0 Å². The number of aryl methyl sites for hydroxylation is 1. The molecule has 23 heavy (non-hydrogen) atoms. The Balaban J connectivity index is 1.68. The van der Waals surface area contributed by atoms with Crippen molar-refractivity contribution in [3.63, 3.8) is 0 Å². The maximum atomic E-state index is 12.6. The van der Waals surface area contributed by atoms with Gasteiger partial charge in [-0.05, 0) is 25.1 Å². The zero-order valence-electron chi connectivity index (χ0n) is 12.9. The summed E-state index contributed by atoms with van der Waals surface area (Å²) in [7, 11) is 0. The van der Waals surface area contributed by atoms with Gasteiger partial charge in [0.2, 0.25) is 5.95 Å². The second-order valence-electron chi connectivity index (χ2n) is 5.42. The first-order valence-electron chi connectivity index (χ1n) is 7.60. The highest BCUT2D eigenvalue weighted by molar-refractivity contribution is 6.36. The number of carbonyl (C=O) groups excluding carboxylic acids is 1. The molecule has 0 unspecified atom stereocenters. The Bertz CT molecular complexity index is 708. The highest BCUT2D eigenvalue weighted by Gasteiger charge is 2.25. The third kappa shape index (κ3) is 3.31. The van der Waals surface area contributed by atoms with E-state index in [4.69, 9.17) is 23.2 Å². The van der Waals surface area contributed by atoms with Crippen molar-refractivity contribution < 1.29 is 4.79 Å². The topological polar surface area (TPSA) is 41.4 Å². The van der Waals surface area contributed by atoms with Crippen LogP contribution in [-0.4, -0.2) is 46.5 Å². The van der Waals surface area contributed by atoms with E-state index in [1.54, 1.807) is 18.2 Å². The van der Waals surface area contributed by atoms with Crippen molar-refractivity contribution in [1.29, 1.82) is 0 Å². The summed E-state index contributed by atoms with van der Waals surface area (Å²) in [5.74, 6) is 0.911. The number of hydrogen-bond acceptors (Lipinski definition) is 3. The van der Waals surface area contributed by atoms with Crippen LogP contribution in [0.5, 0.6) is 0 Å². The molecule has 3 rings (SSSR count). The molecule has 0 saturated carbocycles. The van der Waals surface area contributed by atoms with Crippen LogP contribution in [0.15, 0.2) is 30.6 Å². The molecule has 0 spiro atoms. The zero-order valence-corrected chi connectivity index (χ0v) is 14.4. The molecule has 0 radical (unpaired) electrons. The third-order valence-corrected chi connectivity index (χ3v) is 4.59. The Labute approximate surface area is 145 Å². The molecule has 2 heterocycles. The fraction of sp³-hybridized carbons (Fsp3) is 0.375. The Morgan fingerprint density at radius 1 is 1.22 bits per heavy atom. The molecule has 1 aromatic carbocycles. The van der Waals surface area contributed by atoms with Crippen molar-refractivity contribution in [2.24, 2.45) is 0 Å². The summed E-state index contributed by atoms with van der Waals surface area (Å²) in [6.07, 6.45) is 3.78. The average molecular weight is 353 g/mol. The lowest BCUT2D eigenvalue weighted by Gasteiger charge is -2.35. The van der Waals surface area contributed by atoms with Crippen LogP contribution in [0.2, 0.25) is 10.0 Å². The quantitative estimate of drug-likeness (QED) is 0.851. The van der Waals surface area contributed by atoms with Crippen molar-refractivity contribution in [2.45, 2.75) is 13.5 Å². The number of rotatable bonds is 3. The highest BCUT2D eigenvalue weighted by atomic mass is 35.5. The molecular weight excluding hydrogens is 335 g/mol. The third-order valence-electron chi connectivity index (χ3n) is 4.05. The molecule has 1 fully saturated rings. The molecule has 1 aromatic heterocycles. The second-order valence-corrected chi connectivity index (χ2v) is 6.26. The van der Waals surface area contributed by atoms with Crippen molar-refractivity contribution in [3.05, 3.63) is 46.2 Å². The van der Waals surface area contributed by atoms with Crippen LogP contribution in [0.1, 0.15) is 17.3 Å². The SMILES string of the molecule is CCn1ccnc1N1CCN(C(=O)c2ccc(Cl)cc2Cl)CC1. The number of aromatic nitrogens is 2. The van der Waals surface area contributed by atoms with Crippen molar-refractivity contribution in [2.75, 3.05) is 31.1 Å². The summed E-state index contributed by atoms with van der Waals surface area (Å²) in [6, 6.07) is 4.97. The largest absolute Gasteiger partial charge is 0.339 e. The van der Waals surface area contributed by atoms with Gasteiger partial charge in [0.15, 0.2) is 0 Å². The molecule has 1 aliphatic rings. The number of piperazine rings is 1. The summed E-state index contributed by atoms with van der Waals surface area (Å²) in [4.78, 5) is 21.0. The van der Waals surface area contributed by atoms with Gasteiger partial charge in [0.05, 0.1) is 10.6 Å². The lowest BCUT2D eigenvalue weighted by Crippen LogP contribution is -2.49. The molecule has 0 atom stereocenters. The molecule has 1 aliphatic heterocycles. The Kier molecular flexibility index (Phi) is 4.78. The smallest absolute Gasteiger partial charge is 0.255 e. The van der Waals surface area contributed by atoms with Gasteiger partial charge in [-0.2, -0.15) is 0 Å². The van der Waals surface area contributed by atoms with Gasteiger partial charge in [-0.15, -0.1) is 0 Å². The number of anilines is 1. The first-order chi connectivity index (χ1) is 11.1. The van der Waals surface area contributed by atoms with E-state index in [9.17, 15) is 4.79 Å². The Morgan fingerprint density at radius 3 is 2.61 bits per heavy atom. The number of halogens is 2. The minimum atomic E-state index is -0.0508. The molecule has 1 saturated heterocycles. The fourth-order valence-electron chi connectivity index (χ4n) is 2.77. The predicted octanol–water partition coefficient (Wildman–Crippen LogP) is 3.17. The first kappa shape index (κ1) is 16.1. The van der Waals surface area contributed by atoms with Gasteiger partial charge < -0.3 is 14.4 Å². The second kappa shape index (κ2) is 6.81. The lowest BCUT2D eigenvalue weighted by molar-refractivity contribution is 0.0746. The van der Waals surface area contributed by atoms with E-state index in [2.05, 4.69) is 21.4 Å². The normalized spacial score (nSPS) is 15.1. The molecule has 7 heteroatoms. The summed E-state index contributed by atoms with van der Waals surface area (Å²) in [5, 5.41) is 0.925. The van der Waals surface area contributed by atoms with E-state index < -0.39 is 0 Å². The molecule has 0 N–H and O–H groups in total. The fourth-order valence-corrected chi connectivity index (χ4v) is 3.26. The minimum Gasteiger partial charge on any atom is -0.339 e. The maximum absolute atomic E-state index is 12.6. The molecule has 0 bridgehead atoms. The van der Waals surface area contributed by atoms with E-state index in [0.717, 1.165) is 25.6 Å². The molecule has 122 valence electrons. The number of imidazole rings is 1. The summed E-state index contributed by atoms with van der Waals surface area (Å²) >= 11 is 12.0. The van der Waals surface area contributed by atoms with Gasteiger partial charge in [-0.1, -0.05) is 23.2 Å². The standard InChI is InChI=1S/C16H18Cl2N4O/c1-2-20-6-5-19-16(20)22-9-7-21(8-10-22)15(23)13-4-3-12(17)11-14(13)18/h3-6,11H,2,7-10H2,1H3. The van der Waals surface area contributed by atoms with Gasteiger partial charge in [-0.25, -0.2) is 4.98 Å². The van der Waals surface area contributed by atoms with E-state index in [0.29, 0.717) is 28.7 Å². The summed E-state index contributed by atoms with van der Waals surface area (Å²) < 4.78 is 2.10. The van der Waals surface area contributed by atoms with Gasteiger partial charge in [0.1, 0.15) is 0 Å². The predicted molar refractivity (Wildman–Crippen MR) is 92.5 cm³/mol. The Morgan fingerprint density at radius 2 is 1.96 bits per heavy atom. The van der Waals surface area contributed by atoms with Crippen LogP contribution < -0.4 is 4.90 Å². The number of benzene rings is 1. The van der Waals surface area contributed by atoms with Gasteiger partial charge in [0.25, 0.3) is 5.91 Å². The monoisotopic (exact) mass is 352 g/mol. The maximum Gasteiger partial charge on any atom is 0.255 e. The summed E-state index contributed by atoms with van der Waals surface area (Å²) in [5.41, 5.74) is 0.500. The molecule has 2 aromatic rings. The number of nitrogens with zero attached hydrogens (tertiary/aromatic N) is 4. The van der Waals surface area contributed by atoms with E-state index in [1.807, 2.05) is 17.3 Å². The number of carbonyl (C=O) groups is 1. The molecule has 0 aliphatic carbocycles. The van der Waals surface area contributed by atoms with Crippen LogP contribution in [0, 0.1) is 0 Å². The average Bonchev–Trinajstić information content (AvgIpc) is 3.03. The van der Waals surface area contributed by atoms with Crippen LogP contribution in [0.25, 0.3) is 0 Å². The molecule has 1 amide bonds. The zero-order chi connectivity index (χ0) is 16.4. The van der Waals surface area contributed by atoms with Gasteiger partial charge in [0, 0.05) is 50.1 Å². The molecule has 5 nitrogen and oxygen atoms in total. The van der Waals surface area contributed by atoms with Gasteiger partial charge in [-0.3, -0.25) is 4.79 Å². The first-order valence-corrected chi connectivity index (χ1v) is 8.36. The lowest BCUT2D eigenvalue weighted by atomic mass is 10.2. The van der Waals surface area contributed by atoms with Crippen LogP contribution in [0.3, 0.4) is 0 Å². The van der Waals surface area contributed by atoms with Crippen LogP contribution in [-0.2, 0) is 6.54 Å². The number of hydrogen-bond donors (Lipinski definition) is 0. The van der Waals surface area contributed by atoms with Crippen molar-refractivity contribution >= 4 is 35.1 Å². The van der Waals surface area contributed by atoms with Crippen molar-refractivity contribution in [1.82, 2.24) is 14.5 Å². The number of amides is 1. The highest BCUT2D eigenvalue weighted by Crippen LogP contribution is 2.23. The minimum absolute atomic E-state index is 0.0508. The summed E-state index contributed by atoms with van der Waals surface area (Å²) in [6.45, 7) is 5.78. The van der Waals surface area contributed by atoms with Gasteiger partial charge >= 0.3 is 0 Å². The van der Waals surface area contributed by atoms with Crippen molar-refractivity contribution in [3.8, 4) is 0 Å². The molecular formula is C16H18Cl2N4O. The van der Waals surface area contributed by atoms with Crippen LogP contribution in [0.4, 0.5) is 5.95 Å².